The van der Waals surface area contributed by atoms with Crippen LogP contribution in [0.5, 0.6) is 0 Å². The monoisotopic (exact) mass is 276 g/mol. The third kappa shape index (κ3) is 2.80. The molecule has 4 nitrogen and oxygen atoms in total. The van der Waals surface area contributed by atoms with Crippen molar-refractivity contribution in [3.8, 4) is 0 Å². The summed E-state index contributed by atoms with van der Waals surface area (Å²) < 4.78 is 0. The first-order chi connectivity index (χ1) is 9.32. The molecule has 0 saturated carbocycles. The van der Waals surface area contributed by atoms with Crippen molar-refractivity contribution in [3.63, 3.8) is 0 Å². The first-order valence-electron chi connectivity index (χ1n) is 7.12. The van der Waals surface area contributed by atoms with E-state index in [1.165, 1.54) is 0 Å². The van der Waals surface area contributed by atoms with Crippen molar-refractivity contribution >= 4 is 6.09 Å². The summed E-state index contributed by atoms with van der Waals surface area (Å²) in [7, 11) is 0. The predicted molar refractivity (Wildman–Crippen MR) is 79.5 cm³/mol. The second-order valence-corrected chi connectivity index (χ2v) is 6.68. The summed E-state index contributed by atoms with van der Waals surface area (Å²) in [5.74, 6) is 0.161. The summed E-state index contributed by atoms with van der Waals surface area (Å²) in [6.07, 6.45) is -0.0164. The van der Waals surface area contributed by atoms with E-state index in [-0.39, 0.29) is 23.4 Å². The Kier molecular flexibility index (Phi) is 4.04. The zero-order valence-electron chi connectivity index (χ0n) is 12.4. The minimum atomic E-state index is -0.840. The van der Waals surface area contributed by atoms with Gasteiger partial charge < -0.3 is 15.7 Å². The molecule has 1 aromatic rings. The lowest BCUT2D eigenvalue weighted by Gasteiger charge is -2.39. The maximum atomic E-state index is 11.4. The Balaban J connectivity index is 2.29. The molecular weight excluding hydrogens is 252 g/mol. The highest BCUT2D eigenvalue weighted by molar-refractivity contribution is 5.66. The number of carbonyl (C=O) groups is 1. The molecule has 0 radical (unpaired) electrons. The molecule has 4 heteroatoms. The summed E-state index contributed by atoms with van der Waals surface area (Å²) in [4.78, 5) is 13.0. The van der Waals surface area contributed by atoms with Crippen LogP contribution in [0.4, 0.5) is 4.79 Å². The van der Waals surface area contributed by atoms with E-state index >= 15 is 0 Å². The van der Waals surface area contributed by atoms with Crippen LogP contribution >= 0.6 is 0 Å². The minimum absolute atomic E-state index is 0.0461. The lowest BCUT2D eigenvalue weighted by molar-refractivity contribution is 0.0858. The number of carboxylic acid groups (broad SMARTS) is 1. The van der Waals surface area contributed by atoms with Crippen LogP contribution in [0.1, 0.15) is 38.8 Å². The van der Waals surface area contributed by atoms with Gasteiger partial charge in [-0.1, -0.05) is 51.1 Å². The van der Waals surface area contributed by atoms with Crippen LogP contribution in [-0.2, 0) is 0 Å². The second-order valence-electron chi connectivity index (χ2n) is 6.68. The molecule has 0 aromatic heterocycles. The first-order valence-corrected chi connectivity index (χ1v) is 7.12. The first kappa shape index (κ1) is 14.9. The van der Waals surface area contributed by atoms with Crippen LogP contribution in [0.15, 0.2) is 30.3 Å². The van der Waals surface area contributed by atoms with Gasteiger partial charge in [-0.25, -0.2) is 4.79 Å². The van der Waals surface area contributed by atoms with Gasteiger partial charge in [-0.2, -0.15) is 0 Å². The molecule has 1 aliphatic heterocycles. The number of hydrogen-bond donors (Lipinski definition) is 2. The molecule has 1 heterocycles. The maximum Gasteiger partial charge on any atom is 0.407 e. The average Bonchev–Trinajstić information content (AvgIpc) is 2.83. The number of nitrogens with zero attached hydrogens (tertiary/aromatic N) is 1. The molecule has 3 N–H and O–H groups in total. The van der Waals surface area contributed by atoms with Gasteiger partial charge in [0.1, 0.15) is 0 Å². The summed E-state index contributed by atoms with van der Waals surface area (Å²) in [6, 6.07) is 9.80. The molecule has 1 saturated heterocycles. The van der Waals surface area contributed by atoms with Gasteiger partial charge in [0.2, 0.25) is 0 Å². The highest BCUT2D eigenvalue weighted by Crippen LogP contribution is 2.42. The van der Waals surface area contributed by atoms with Crippen LogP contribution in [0.2, 0.25) is 0 Å². The Morgan fingerprint density at radius 3 is 2.45 bits per heavy atom. The van der Waals surface area contributed by atoms with Gasteiger partial charge in [-0.05, 0) is 17.4 Å². The smallest absolute Gasteiger partial charge is 0.407 e. The van der Waals surface area contributed by atoms with Gasteiger partial charge in [-0.3, -0.25) is 0 Å². The number of rotatable bonds is 2. The molecular formula is C16H24N2O2. The average molecular weight is 276 g/mol. The van der Waals surface area contributed by atoms with Crippen molar-refractivity contribution in [2.24, 2.45) is 17.1 Å². The molecule has 1 aromatic carbocycles. The van der Waals surface area contributed by atoms with E-state index in [0.717, 1.165) is 12.0 Å². The molecule has 20 heavy (non-hydrogen) atoms. The third-order valence-corrected chi connectivity index (χ3v) is 4.22. The van der Waals surface area contributed by atoms with Crippen molar-refractivity contribution in [1.82, 2.24) is 4.90 Å². The quantitative estimate of drug-likeness (QED) is 0.872. The standard InChI is InChI=1S/C16H24N2O2/c1-16(2,3)14-12(9-10-18(14)15(19)20)13(17)11-7-5-4-6-8-11/h4-8,12-14H,9-10,17H2,1-3H3,(H,19,20). The Morgan fingerprint density at radius 1 is 1.35 bits per heavy atom. The molecule has 110 valence electrons. The van der Waals surface area contributed by atoms with Gasteiger partial charge in [0.15, 0.2) is 0 Å². The molecule has 1 aliphatic rings. The fourth-order valence-electron chi connectivity index (χ4n) is 3.44. The largest absolute Gasteiger partial charge is 0.465 e. The molecule has 3 atom stereocenters. The van der Waals surface area contributed by atoms with E-state index in [1.807, 2.05) is 30.3 Å². The normalized spacial score (nSPS) is 24.7. The van der Waals surface area contributed by atoms with Gasteiger partial charge >= 0.3 is 6.09 Å². The molecule has 1 fully saturated rings. The Morgan fingerprint density at radius 2 is 1.95 bits per heavy atom. The van der Waals surface area contributed by atoms with Crippen LogP contribution in [-0.4, -0.2) is 28.7 Å². The number of benzene rings is 1. The van der Waals surface area contributed by atoms with Crippen molar-refractivity contribution in [2.45, 2.75) is 39.3 Å². The number of likely N-dealkylation sites (tertiary alicyclic amines) is 1. The van der Waals surface area contributed by atoms with E-state index in [4.69, 9.17) is 5.73 Å². The van der Waals surface area contributed by atoms with E-state index < -0.39 is 6.09 Å². The fraction of sp³-hybridized carbons (Fsp3) is 0.562. The highest BCUT2D eigenvalue weighted by atomic mass is 16.4. The van der Waals surface area contributed by atoms with Crippen molar-refractivity contribution in [3.05, 3.63) is 35.9 Å². The fourth-order valence-corrected chi connectivity index (χ4v) is 3.44. The third-order valence-electron chi connectivity index (χ3n) is 4.22. The summed E-state index contributed by atoms with van der Waals surface area (Å²) in [6.45, 7) is 6.83. The lowest BCUT2D eigenvalue weighted by Crippen LogP contribution is -2.47. The summed E-state index contributed by atoms with van der Waals surface area (Å²) >= 11 is 0. The summed E-state index contributed by atoms with van der Waals surface area (Å²) in [5, 5.41) is 9.40. The van der Waals surface area contributed by atoms with Gasteiger partial charge in [0.25, 0.3) is 0 Å². The maximum absolute atomic E-state index is 11.4. The van der Waals surface area contributed by atoms with Crippen molar-refractivity contribution in [2.75, 3.05) is 6.54 Å². The minimum Gasteiger partial charge on any atom is -0.465 e. The Bertz CT molecular complexity index is 467. The molecule has 1 amide bonds. The van der Waals surface area contributed by atoms with Crippen molar-refractivity contribution < 1.29 is 9.90 Å². The molecule has 3 unspecified atom stereocenters. The van der Waals surface area contributed by atoms with Crippen LogP contribution in [0.3, 0.4) is 0 Å². The second kappa shape index (κ2) is 5.44. The zero-order valence-corrected chi connectivity index (χ0v) is 12.4. The summed E-state index contributed by atoms with van der Waals surface area (Å²) in [5.41, 5.74) is 7.39. The SMILES string of the molecule is CC(C)(C)C1C(C(N)c2ccccc2)CCN1C(=O)O. The van der Waals surface area contributed by atoms with E-state index in [1.54, 1.807) is 4.90 Å². The van der Waals surface area contributed by atoms with Crippen LogP contribution in [0, 0.1) is 11.3 Å². The van der Waals surface area contributed by atoms with E-state index in [0.29, 0.717) is 6.54 Å². The van der Waals surface area contributed by atoms with Crippen molar-refractivity contribution in [1.29, 1.82) is 0 Å². The van der Waals surface area contributed by atoms with Gasteiger partial charge in [0.05, 0.1) is 0 Å². The Labute approximate surface area is 120 Å². The number of nitrogens with two attached hydrogens (primary N) is 1. The van der Waals surface area contributed by atoms with Gasteiger partial charge in [-0.15, -0.1) is 0 Å². The number of amides is 1. The zero-order chi connectivity index (χ0) is 14.9. The molecule has 0 aliphatic carbocycles. The van der Waals surface area contributed by atoms with E-state index in [2.05, 4.69) is 20.8 Å². The van der Waals surface area contributed by atoms with Crippen LogP contribution < -0.4 is 5.73 Å². The topological polar surface area (TPSA) is 66.6 Å². The van der Waals surface area contributed by atoms with E-state index in [9.17, 15) is 9.90 Å². The highest BCUT2D eigenvalue weighted by Gasteiger charge is 2.46. The number of hydrogen-bond acceptors (Lipinski definition) is 2. The van der Waals surface area contributed by atoms with Crippen LogP contribution in [0.25, 0.3) is 0 Å². The lowest BCUT2D eigenvalue weighted by atomic mass is 9.75. The Hall–Kier alpha value is -1.55. The predicted octanol–water partition coefficient (Wildman–Crippen LogP) is 3.10. The molecule has 0 bridgehead atoms. The molecule has 2 rings (SSSR count). The van der Waals surface area contributed by atoms with Gasteiger partial charge in [0, 0.05) is 24.5 Å². The molecule has 0 spiro atoms.